The molecule has 0 saturated heterocycles. The average Bonchev–Trinajstić information content (AvgIpc) is 3.61. The van der Waals surface area contributed by atoms with Gasteiger partial charge in [-0.15, -0.1) is 22.7 Å². The number of amides is 1. The fourth-order valence-corrected chi connectivity index (χ4v) is 8.18. The van der Waals surface area contributed by atoms with Crippen LogP contribution in [0.5, 0.6) is 0 Å². The van der Waals surface area contributed by atoms with Gasteiger partial charge in [0.15, 0.2) is 8.68 Å². The Hall–Kier alpha value is -3.76. The van der Waals surface area contributed by atoms with Crippen molar-refractivity contribution >= 4 is 112 Å². The first-order chi connectivity index (χ1) is 20.1. The van der Waals surface area contributed by atoms with Crippen molar-refractivity contribution in [3.63, 3.8) is 0 Å². The van der Waals surface area contributed by atoms with Crippen molar-refractivity contribution in [2.45, 2.75) is 8.68 Å². The van der Waals surface area contributed by atoms with E-state index in [9.17, 15) is 4.79 Å². The fraction of sp³-hybridized carbons (Fsp3) is 0.0625. The van der Waals surface area contributed by atoms with Gasteiger partial charge in [0.05, 0.1) is 31.9 Å². The lowest BCUT2D eigenvalue weighted by Crippen LogP contribution is -2.13. The number of aliphatic imine (C=N–C) groups is 1. The molecule has 0 spiro atoms. The smallest absolute Gasteiger partial charge is 0.234 e. The molecule has 0 radical (unpaired) electrons. The topological polar surface area (TPSA) is 67.2 Å². The lowest BCUT2D eigenvalue weighted by Gasteiger charge is -2.07. The van der Waals surface area contributed by atoms with Crippen molar-refractivity contribution in [3.05, 3.63) is 96.6 Å². The lowest BCUT2D eigenvalue weighted by molar-refractivity contribution is -0.113. The monoisotopic (exact) mass is 606 g/mol. The van der Waals surface area contributed by atoms with Crippen molar-refractivity contribution in [2.24, 2.45) is 4.99 Å². The summed E-state index contributed by atoms with van der Waals surface area (Å²) in [5, 5.41) is 7.77. The predicted octanol–water partition coefficient (Wildman–Crippen LogP) is 9.42. The Morgan fingerprint density at radius 3 is 2.24 bits per heavy atom. The molecule has 0 bridgehead atoms. The van der Waals surface area contributed by atoms with E-state index in [2.05, 4.69) is 71.0 Å². The molecule has 7 aromatic rings. The zero-order valence-corrected chi connectivity index (χ0v) is 25.1. The Kier molecular flexibility index (Phi) is 7.18. The number of fused-ring (bicyclic) bond motifs is 4. The molecule has 0 unspecified atom stereocenters. The van der Waals surface area contributed by atoms with Gasteiger partial charge in [-0.1, -0.05) is 72.1 Å². The summed E-state index contributed by atoms with van der Waals surface area (Å²) in [6.45, 7) is 0. The summed E-state index contributed by atoms with van der Waals surface area (Å²) in [7, 11) is 0. The summed E-state index contributed by atoms with van der Waals surface area (Å²) in [5.41, 5.74) is 4.63. The van der Waals surface area contributed by atoms with Crippen molar-refractivity contribution in [1.29, 1.82) is 0 Å². The number of benzene rings is 5. The van der Waals surface area contributed by atoms with Gasteiger partial charge in [-0.3, -0.25) is 9.79 Å². The molecular weight excluding hydrogens is 585 g/mol. The van der Waals surface area contributed by atoms with Gasteiger partial charge in [0.2, 0.25) is 5.91 Å². The number of nitrogens with zero attached hydrogens (tertiary/aromatic N) is 3. The molecule has 5 nitrogen and oxygen atoms in total. The fourth-order valence-electron chi connectivity index (χ4n) is 4.75. The van der Waals surface area contributed by atoms with E-state index in [0.29, 0.717) is 0 Å². The van der Waals surface area contributed by atoms with Crippen LogP contribution in [-0.4, -0.2) is 34.1 Å². The molecule has 0 aliphatic carbocycles. The number of hydrogen-bond acceptors (Lipinski definition) is 8. The number of carbonyl (C=O) groups excluding carboxylic acids is 1. The van der Waals surface area contributed by atoms with Gasteiger partial charge in [-0.05, 0) is 70.3 Å². The second-order valence-electron chi connectivity index (χ2n) is 9.33. The zero-order chi connectivity index (χ0) is 27.8. The third-order valence-electron chi connectivity index (χ3n) is 6.66. The molecule has 41 heavy (non-hydrogen) atoms. The zero-order valence-electron chi connectivity index (χ0n) is 21.8. The minimum atomic E-state index is -0.0594. The first kappa shape index (κ1) is 26.2. The highest BCUT2D eigenvalue weighted by Gasteiger charge is 2.11. The highest BCUT2D eigenvalue weighted by molar-refractivity contribution is 8.01. The molecule has 1 amide bonds. The second-order valence-corrected chi connectivity index (χ2v) is 13.7. The number of hydrogen-bond donors (Lipinski definition) is 1. The van der Waals surface area contributed by atoms with Crippen LogP contribution in [0.1, 0.15) is 5.56 Å². The van der Waals surface area contributed by atoms with Gasteiger partial charge in [-0.25, -0.2) is 9.97 Å². The van der Waals surface area contributed by atoms with Crippen LogP contribution >= 0.6 is 46.2 Å². The molecule has 1 N–H and O–H groups in total. The van der Waals surface area contributed by atoms with Crippen LogP contribution in [-0.2, 0) is 4.79 Å². The molecule has 5 aromatic carbocycles. The van der Waals surface area contributed by atoms with E-state index in [1.807, 2.05) is 42.8 Å². The van der Waals surface area contributed by atoms with E-state index < -0.39 is 0 Å². The number of anilines is 1. The maximum Gasteiger partial charge on any atom is 0.234 e. The Balaban J connectivity index is 1.07. The third-order valence-corrected chi connectivity index (χ3v) is 10.8. The maximum atomic E-state index is 12.7. The van der Waals surface area contributed by atoms with Gasteiger partial charge in [0.25, 0.3) is 0 Å². The first-order valence-electron chi connectivity index (χ1n) is 12.9. The Morgan fingerprint density at radius 2 is 1.49 bits per heavy atom. The first-order valence-corrected chi connectivity index (χ1v) is 16.7. The molecule has 2 heterocycles. The van der Waals surface area contributed by atoms with Crippen LogP contribution < -0.4 is 5.32 Å². The van der Waals surface area contributed by atoms with E-state index >= 15 is 0 Å². The number of rotatable bonds is 7. The SMILES string of the molecule is CSc1nc2ccc(NC(=O)CSc3nc4ccc(N=Cc5c6ccccc6cc6ccccc56)cc4s3)cc2s1. The van der Waals surface area contributed by atoms with E-state index in [-0.39, 0.29) is 11.7 Å². The van der Waals surface area contributed by atoms with E-state index in [1.54, 1.807) is 34.4 Å². The van der Waals surface area contributed by atoms with Crippen molar-refractivity contribution in [1.82, 2.24) is 9.97 Å². The number of carbonyl (C=O) groups is 1. The molecule has 0 aliphatic rings. The molecule has 200 valence electrons. The summed E-state index contributed by atoms with van der Waals surface area (Å²) in [5.74, 6) is 0.228. The van der Waals surface area contributed by atoms with E-state index in [0.717, 1.165) is 46.1 Å². The molecule has 0 atom stereocenters. The third kappa shape index (κ3) is 5.46. The summed E-state index contributed by atoms with van der Waals surface area (Å²) >= 11 is 6.29. The quantitative estimate of drug-likeness (QED) is 0.111. The van der Waals surface area contributed by atoms with Gasteiger partial charge in [-0.2, -0.15) is 0 Å². The minimum absolute atomic E-state index is 0.0594. The molecule has 0 aliphatic heterocycles. The van der Waals surface area contributed by atoms with Crippen LogP contribution in [0, 0.1) is 0 Å². The molecule has 0 fully saturated rings. The highest BCUT2D eigenvalue weighted by Crippen LogP contribution is 2.34. The molecule has 2 aromatic heterocycles. The Morgan fingerprint density at radius 1 is 0.829 bits per heavy atom. The van der Waals surface area contributed by atoms with Crippen LogP contribution in [0.15, 0.2) is 105 Å². The largest absolute Gasteiger partial charge is 0.325 e. The second kappa shape index (κ2) is 11.3. The van der Waals surface area contributed by atoms with Gasteiger partial charge in [0, 0.05) is 17.5 Å². The van der Waals surface area contributed by atoms with Crippen molar-refractivity contribution < 1.29 is 4.79 Å². The van der Waals surface area contributed by atoms with Crippen molar-refractivity contribution in [2.75, 3.05) is 17.3 Å². The average molecular weight is 607 g/mol. The highest BCUT2D eigenvalue weighted by atomic mass is 32.2. The van der Waals surface area contributed by atoms with E-state index in [4.69, 9.17) is 9.98 Å². The lowest BCUT2D eigenvalue weighted by atomic mass is 9.97. The van der Waals surface area contributed by atoms with E-state index in [1.165, 1.54) is 33.3 Å². The predicted molar refractivity (Wildman–Crippen MR) is 179 cm³/mol. The van der Waals surface area contributed by atoms with Crippen LogP contribution in [0.2, 0.25) is 0 Å². The minimum Gasteiger partial charge on any atom is -0.325 e. The van der Waals surface area contributed by atoms with Crippen LogP contribution in [0.4, 0.5) is 11.4 Å². The molecule has 0 saturated carbocycles. The molecule has 9 heteroatoms. The Labute approximate surface area is 252 Å². The van der Waals surface area contributed by atoms with Crippen molar-refractivity contribution in [3.8, 4) is 0 Å². The summed E-state index contributed by atoms with van der Waals surface area (Å²) in [6.07, 6.45) is 3.99. The maximum absolute atomic E-state index is 12.7. The Bertz CT molecular complexity index is 2060. The van der Waals surface area contributed by atoms with Gasteiger partial charge < -0.3 is 5.32 Å². The summed E-state index contributed by atoms with van der Waals surface area (Å²) in [4.78, 5) is 26.8. The standard InChI is InChI=1S/C32H22N4OS4/c1-38-31-35-26-13-11-22(16-29(26)40-31)34-30(37)18-39-32-36-27-12-10-21(15-28(27)41-32)33-17-25-23-8-4-2-6-19(23)14-20-7-3-5-9-24(20)25/h2-17H,18H2,1H3,(H,34,37). The summed E-state index contributed by atoms with van der Waals surface area (Å²) in [6, 6.07) is 31.0. The number of thiazole rings is 2. The van der Waals surface area contributed by atoms with Crippen LogP contribution in [0.3, 0.4) is 0 Å². The summed E-state index contributed by atoms with van der Waals surface area (Å²) < 4.78 is 3.99. The van der Waals surface area contributed by atoms with Gasteiger partial charge >= 0.3 is 0 Å². The molecule has 7 rings (SSSR count). The normalized spacial score (nSPS) is 11.8. The van der Waals surface area contributed by atoms with Gasteiger partial charge in [0.1, 0.15) is 0 Å². The number of nitrogens with one attached hydrogen (secondary N) is 1. The van der Waals surface area contributed by atoms with Crippen LogP contribution in [0.25, 0.3) is 42.0 Å². The molecular formula is C32H22N4OS4. The number of aromatic nitrogens is 2. The number of thioether (sulfide) groups is 2.